The minimum absolute atomic E-state index is 0.303. The number of hydrogen-bond acceptors (Lipinski definition) is 3. The molecule has 0 bridgehead atoms. The van der Waals surface area contributed by atoms with Crippen LogP contribution in [0.2, 0.25) is 0 Å². The highest BCUT2D eigenvalue weighted by Gasteiger charge is 2.22. The number of aromatic hydroxyl groups is 1. The van der Waals surface area contributed by atoms with E-state index in [-0.39, 0.29) is 0 Å². The summed E-state index contributed by atoms with van der Waals surface area (Å²) in [6.45, 7) is 4.24. The largest absolute Gasteiger partial charge is 0.508 e. The fourth-order valence-corrected chi connectivity index (χ4v) is 3.05. The van der Waals surface area contributed by atoms with E-state index in [4.69, 9.17) is 0 Å². The topological polar surface area (TPSA) is 50.1 Å². The highest BCUT2D eigenvalue weighted by Crippen LogP contribution is 2.28. The van der Waals surface area contributed by atoms with E-state index in [1.165, 1.54) is 18.5 Å². The first-order valence-electron chi connectivity index (χ1n) is 7.23. The molecule has 106 valence electrons. The summed E-state index contributed by atoms with van der Waals surface area (Å²) in [5.41, 5.74) is 3.33. The third-order valence-electron chi connectivity index (χ3n) is 4.08. The zero-order chi connectivity index (χ0) is 14.1. The lowest BCUT2D eigenvalue weighted by molar-refractivity contribution is 0.334. The first-order chi connectivity index (χ1) is 9.65. The van der Waals surface area contributed by atoms with Gasteiger partial charge in [-0.2, -0.15) is 0 Å². The Bertz CT molecular complexity index is 606. The average molecular weight is 271 g/mol. The number of aromatic nitrogens is 2. The minimum atomic E-state index is 0.303. The van der Waals surface area contributed by atoms with E-state index in [0.717, 1.165) is 17.7 Å². The van der Waals surface area contributed by atoms with Crippen LogP contribution in [0.25, 0.3) is 5.69 Å². The Hall–Kier alpha value is -1.81. The second-order valence-corrected chi connectivity index (χ2v) is 5.71. The van der Waals surface area contributed by atoms with Crippen LogP contribution in [0.15, 0.2) is 30.7 Å². The van der Waals surface area contributed by atoms with Gasteiger partial charge in [0.15, 0.2) is 0 Å². The van der Waals surface area contributed by atoms with Gasteiger partial charge in [0.1, 0.15) is 5.75 Å². The van der Waals surface area contributed by atoms with Crippen molar-refractivity contribution in [3.05, 3.63) is 42.0 Å². The molecule has 1 aromatic carbocycles. The van der Waals surface area contributed by atoms with Gasteiger partial charge in [-0.3, -0.25) is 0 Å². The van der Waals surface area contributed by atoms with Crippen LogP contribution >= 0.6 is 0 Å². The Kier molecular flexibility index (Phi) is 3.49. The smallest absolute Gasteiger partial charge is 0.115 e. The fraction of sp³-hybridized carbons (Fsp3) is 0.438. The van der Waals surface area contributed by atoms with Crippen LogP contribution in [0, 0.1) is 6.92 Å². The van der Waals surface area contributed by atoms with Gasteiger partial charge in [-0.05, 0) is 56.9 Å². The van der Waals surface area contributed by atoms with Crippen LogP contribution in [-0.4, -0.2) is 20.7 Å². The number of hydrogen-bond donors (Lipinski definition) is 2. The number of phenolic OH excluding ortho intramolecular Hbond substituents is 1. The zero-order valence-corrected chi connectivity index (χ0v) is 12.0. The van der Waals surface area contributed by atoms with E-state index in [0.29, 0.717) is 17.8 Å². The van der Waals surface area contributed by atoms with E-state index in [2.05, 4.69) is 21.8 Å². The van der Waals surface area contributed by atoms with Gasteiger partial charge in [0.25, 0.3) is 0 Å². The Morgan fingerprint density at radius 2 is 2.20 bits per heavy atom. The summed E-state index contributed by atoms with van der Waals surface area (Å²) in [7, 11) is 0. The maximum Gasteiger partial charge on any atom is 0.115 e. The van der Waals surface area contributed by atoms with E-state index < -0.39 is 0 Å². The van der Waals surface area contributed by atoms with Crippen molar-refractivity contribution in [2.24, 2.45) is 0 Å². The number of phenols is 1. The number of aryl methyl sites for hydroxylation is 1. The first kappa shape index (κ1) is 13.2. The van der Waals surface area contributed by atoms with Crippen molar-refractivity contribution >= 4 is 0 Å². The Balaban J connectivity index is 1.97. The lowest BCUT2D eigenvalue weighted by atomic mass is 9.97. The van der Waals surface area contributed by atoms with E-state index in [1.54, 1.807) is 12.1 Å². The molecule has 2 aromatic rings. The van der Waals surface area contributed by atoms with Crippen LogP contribution in [-0.2, 0) is 0 Å². The standard InChI is InChI=1S/C16H21N3O/c1-11-8-13(20)6-7-15(11)19-10-17-9-16(19)14-5-3-4-12(2)18-14/h6-10,12,14,18,20H,3-5H2,1-2H3. The van der Waals surface area contributed by atoms with Gasteiger partial charge in [0, 0.05) is 12.1 Å². The molecular formula is C16H21N3O. The zero-order valence-electron chi connectivity index (χ0n) is 12.0. The van der Waals surface area contributed by atoms with E-state index >= 15 is 0 Å². The maximum absolute atomic E-state index is 9.55. The van der Waals surface area contributed by atoms with Crippen molar-refractivity contribution < 1.29 is 5.11 Å². The van der Waals surface area contributed by atoms with Crippen molar-refractivity contribution in [3.63, 3.8) is 0 Å². The molecule has 1 aromatic heterocycles. The molecule has 4 nitrogen and oxygen atoms in total. The molecule has 0 radical (unpaired) electrons. The number of imidazole rings is 1. The Morgan fingerprint density at radius 3 is 2.95 bits per heavy atom. The second-order valence-electron chi connectivity index (χ2n) is 5.71. The SMILES string of the molecule is Cc1cc(O)ccc1-n1cncc1C1CCCC(C)N1. The summed E-state index contributed by atoms with van der Waals surface area (Å²) in [6.07, 6.45) is 7.44. The molecule has 4 heteroatoms. The van der Waals surface area contributed by atoms with Gasteiger partial charge in [0.2, 0.25) is 0 Å². The molecule has 2 heterocycles. The third kappa shape index (κ3) is 2.43. The predicted octanol–water partition coefficient (Wildman–Crippen LogP) is 3.09. The molecule has 1 aliphatic rings. The number of piperidine rings is 1. The molecule has 2 unspecified atom stereocenters. The number of rotatable bonds is 2. The second kappa shape index (κ2) is 5.29. The first-order valence-corrected chi connectivity index (χ1v) is 7.23. The monoisotopic (exact) mass is 271 g/mol. The third-order valence-corrected chi connectivity index (χ3v) is 4.08. The molecule has 0 amide bonds. The lowest BCUT2D eigenvalue weighted by Gasteiger charge is -2.29. The van der Waals surface area contributed by atoms with Gasteiger partial charge in [-0.15, -0.1) is 0 Å². The van der Waals surface area contributed by atoms with Crippen molar-refractivity contribution in [1.29, 1.82) is 0 Å². The van der Waals surface area contributed by atoms with Crippen molar-refractivity contribution in [1.82, 2.24) is 14.9 Å². The molecule has 0 spiro atoms. The van der Waals surface area contributed by atoms with Gasteiger partial charge >= 0.3 is 0 Å². The van der Waals surface area contributed by atoms with Crippen molar-refractivity contribution in [2.75, 3.05) is 0 Å². The van der Waals surface area contributed by atoms with Crippen LogP contribution < -0.4 is 5.32 Å². The summed E-state index contributed by atoms with van der Waals surface area (Å²) < 4.78 is 2.13. The Morgan fingerprint density at radius 1 is 1.35 bits per heavy atom. The maximum atomic E-state index is 9.55. The fourth-order valence-electron chi connectivity index (χ4n) is 3.05. The van der Waals surface area contributed by atoms with Crippen molar-refractivity contribution in [2.45, 2.75) is 45.2 Å². The molecular weight excluding hydrogens is 250 g/mol. The molecule has 0 aliphatic carbocycles. The summed E-state index contributed by atoms with van der Waals surface area (Å²) in [4.78, 5) is 4.32. The van der Waals surface area contributed by atoms with Crippen LogP contribution in [0.5, 0.6) is 5.75 Å². The summed E-state index contributed by atoms with van der Waals surface area (Å²) in [5.74, 6) is 0.303. The van der Waals surface area contributed by atoms with E-state index in [9.17, 15) is 5.11 Å². The lowest BCUT2D eigenvalue weighted by Crippen LogP contribution is -2.35. The normalized spacial score (nSPS) is 22.9. The summed E-state index contributed by atoms with van der Waals surface area (Å²) in [5, 5.41) is 13.2. The molecule has 2 atom stereocenters. The minimum Gasteiger partial charge on any atom is -0.508 e. The molecule has 3 rings (SSSR count). The predicted molar refractivity (Wildman–Crippen MR) is 79.2 cm³/mol. The number of nitrogens with one attached hydrogen (secondary N) is 1. The van der Waals surface area contributed by atoms with Crippen LogP contribution in [0.3, 0.4) is 0 Å². The van der Waals surface area contributed by atoms with Crippen LogP contribution in [0.1, 0.15) is 43.5 Å². The summed E-state index contributed by atoms with van der Waals surface area (Å²) in [6, 6.07) is 6.37. The van der Waals surface area contributed by atoms with Gasteiger partial charge in [-0.1, -0.05) is 0 Å². The van der Waals surface area contributed by atoms with Crippen molar-refractivity contribution in [3.8, 4) is 11.4 Å². The molecule has 20 heavy (non-hydrogen) atoms. The molecule has 0 saturated carbocycles. The molecule has 1 fully saturated rings. The molecule has 2 N–H and O–H groups in total. The van der Waals surface area contributed by atoms with E-state index in [1.807, 2.05) is 25.5 Å². The highest BCUT2D eigenvalue weighted by atomic mass is 16.3. The highest BCUT2D eigenvalue weighted by molar-refractivity contribution is 5.45. The van der Waals surface area contributed by atoms with Crippen LogP contribution in [0.4, 0.5) is 0 Å². The number of nitrogens with zero attached hydrogens (tertiary/aromatic N) is 2. The number of benzene rings is 1. The summed E-state index contributed by atoms with van der Waals surface area (Å²) >= 11 is 0. The quantitative estimate of drug-likeness (QED) is 0.882. The van der Waals surface area contributed by atoms with Gasteiger partial charge in [0.05, 0.1) is 23.9 Å². The Labute approximate surface area is 119 Å². The molecule has 1 saturated heterocycles. The van der Waals surface area contributed by atoms with Gasteiger partial charge < -0.3 is 15.0 Å². The molecule has 1 aliphatic heterocycles. The van der Waals surface area contributed by atoms with Gasteiger partial charge in [-0.25, -0.2) is 4.98 Å². The average Bonchev–Trinajstić information content (AvgIpc) is 2.87.